The highest BCUT2D eigenvalue weighted by Gasteiger charge is 2.22. The number of nitrogens with two attached hydrogens (primary N) is 2. The minimum absolute atomic E-state index is 0.0808. The lowest BCUT2D eigenvalue weighted by Gasteiger charge is -2.15. The second kappa shape index (κ2) is 3.98. The summed E-state index contributed by atoms with van der Waals surface area (Å²) in [5.74, 6) is 1.03. The lowest BCUT2D eigenvalue weighted by Crippen LogP contribution is -2.17. The summed E-state index contributed by atoms with van der Waals surface area (Å²) in [6.45, 7) is 4.57. The Morgan fingerprint density at radius 3 is 2.46 bits per heavy atom. The summed E-state index contributed by atoms with van der Waals surface area (Å²) in [5, 5.41) is 0.321. The molecule has 0 aromatic carbocycles. The minimum atomic E-state index is 0.0808. The van der Waals surface area contributed by atoms with E-state index >= 15 is 0 Å². The quantitative estimate of drug-likeness (QED) is 0.783. The van der Waals surface area contributed by atoms with Gasteiger partial charge >= 0.3 is 0 Å². The lowest BCUT2D eigenvalue weighted by atomic mass is 9.94. The standard InChI is InChI=1S/C8H14ClN3O/c1-4(2)5(3-10)6-7(9)12-8(11)13-6/h4-5H,3,10H2,1-2H3,(H2,11,12). The van der Waals surface area contributed by atoms with E-state index in [-0.39, 0.29) is 11.9 Å². The Balaban J connectivity index is 2.97. The summed E-state index contributed by atoms with van der Waals surface area (Å²) in [6, 6.07) is 0.0964. The number of anilines is 1. The zero-order valence-electron chi connectivity index (χ0n) is 7.75. The van der Waals surface area contributed by atoms with Crippen molar-refractivity contribution in [3.63, 3.8) is 0 Å². The van der Waals surface area contributed by atoms with E-state index in [0.717, 1.165) is 0 Å². The zero-order valence-corrected chi connectivity index (χ0v) is 8.51. The molecule has 1 heterocycles. The Morgan fingerprint density at radius 2 is 2.15 bits per heavy atom. The van der Waals surface area contributed by atoms with Gasteiger partial charge in [-0.2, -0.15) is 4.98 Å². The van der Waals surface area contributed by atoms with Crippen LogP contribution in [-0.2, 0) is 0 Å². The summed E-state index contributed by atoms with van der Waals surface area (Å²) >= 11 is 5.82. The molecule has 4 nitrogen and oxygen atoms in total. The molecule has 13 heavy (non-hydrogen) atoms. The third kappa shape index (κ3) is 2.14. The third-order valence-electron chi connectivity index (χ3n) is 2.02. The van der Waals surface area contributed by atoms with E-state index < -0.39 is 0 Å². The Kier molecular flexibility index (Phi) is 3.17. The fourth-order valence-electron chi connectivity index (χ4n) is 1.24. The molecule has 0 aliphatic carbocycles. The van der Waals surface area contributed by atoms with E-state index in [4.69, 9.17) is 27.5 Å². The summed E-state index contributed by atoms with van der Waals surface area (Å²) in [7, 11) is 0. The lowest BCUT2D eigenvalue weighted by molar-refractivity contribution is 0.407. The smallest absolute Gasteiger partial charge is 0.293 e. The van der Waals surface area contributed by atoms with Crippen LogP contribution in [0.2, 0.25) is 5.15 Å². The van der Waals surface area contributed by atoms with Gasteiger partial charge in [0.2, 0.25) is 0 Å². The molecule has 1 aromatic heterocycles. The minimum Gasteiger partial charge on any atom is -0.427 e. The highest BCUT2D eigenvalue weighted by molar-refractivity contribution is 6.30. The van der Waals surface area contributed by atoms with Crippen LogP contribution < -0.4 is 11.5 Å². The first-order valence-electron chi connectivity index (χ1n) is 4.18. The Morgan fingerprint density at radius 1 is 1.54 bits per heavy atom. The number of hydrogen-bond donors (Lipinski definition) is 2. The van der Waals surface area contributed by atoms with Crippen molar-refractivity contribution in [3.05, 3.63) is 10.9 Å². The van der Waals surface area contributed by atoms with Crippen LogP contribution in [0.4, 0.5) is 6.01 Å². The molecule has 5 heteroatoms. The van der Waals surface area contributed by atoms with Gasteiger partial charge in [-0.3, -0.25) is 0 Å². The Labute approximate surface area is 82.3 Å². The van der Waals surface area contributed by atoms with E-state index in [1.54, 1.807) is 0 Å². The number of hydrogen-bond acceptors (Lipinski definition) is 4. The molecule has 4 N–H and O–H groups in total. The van der Waals surface area contributed by atoms with Gasteiger partial charge < -0.3 is 15.9 Å². The summed E-state index contributed by atoms with van der Waals surface area (Å²) in [4.78, 5) is 3.78. The molecule has 1 atom stereocenters. The van der Waals surface area contributed by atoms with Gasteiger partial charge in [-0.15, -0.1) is 0 Å². The van der Waals surface area contributed by atoms with Crippen molar-refractivity contribution in [2.45, 2.75) is 19.8 Å². The predicted molar refractivity (Wildman–Crippen MR) is 52.6 cm³/mol. The molecule has 0 spiro atoms. The molecule has 0 fully saturated rings. The van der Waals surface area contributed by atoms with Crippen LogP contribution in [-0.4, -0.2) is 11.5 Å². The SMILES string of the molecule is CC(C)C(CN)c1oc(N)nc1Cl. The maximum Gasteiger partial charge on any atom is 0.293 e. The number of nitrogen functional groups attached to an aromatic ring is 1. The summed E-state index contributed by atoms with van der Waals surface area (Å²) < 4.78 is 5.18. The molecule has 0 aliphatic rings. The number of oxazole rings is 1. The van der Waals surface area contributed by atoms with Gasteiger partial charge in [-0.05, 0) is 5.92 Å². The molecule has 1 unspecified atom stereocenters. The fourth-order valence-corrected chi connectivity index (χ4v) is 1.50. The fraction of sp³-hybridized carbons (Fsp3) is 0.625. The topological polar surface area (TPSA) is 78.1 Å². The van der Waals surface area contributed by atoms with E-state index in [1.807, 2.05) is 13.8 Å². The molecule has 74 valence electrons. The number of aromatic nitrogens is 1. The summed E-state index contributed by atoms with van der Waals surface area (Å²) in [6.07, 6.45) is 0. The predicted octanol–water partition coefficient (Wildman–Crippen LogP) is 1.61. The van der Waals surface area contributed by atoms with Crippen LogP contribution in [0.3, 0.4) is 0 Å². The first kappa shape index (κ1) is 10.3. The maximum atomic E-state index is 5.82. The third-order valence-corrected chi connectivity index (χ3v) is 2.29. The van der Waals surface area contributed by atoms with E-state index in [1.165, 1.54) is 0 Å². The first-order chi connectivity index (χ1) is 6.06. The van der Waals surface area contributed by atoms with Gasteiger partial charge in [-0.25, -0.2) is 0 Å². The largest absolute Gasteiger partial charge is 0.427 e. The van der Waals surface area contributed by atoms with Crippen LogP contribution in [0.15, 0.2) is 4.42 Å². The molecular formula is C8H14ClN3O. The summed E-state index contributed by atoms with van der Waals surface area (Å²) in [5.41, 5.74) is 11.0. The van der Waals surface area contributed by atoms with Crippen molar-refractivity contribution in [3.8, 4) is 0 Å². The van der Waals surface area contributed by atoms with Crippen LogP contribution in [0.5, 0.6) is 0 Å². The molecule has 0 aliphatic heterocycles. The average molecular weight is 204 g/mol. The van der Waals surface area contributed by atoms with E-state index in [2.05, 4.69) is 4.98 Å². The highest BCUT2D eigenvalue weighted by atomic mass is 35.5. The molecule has 1 aromatic rings. The van der Waals surface area contributed by atoms with Crippen molar-refractivity contribution in [1.82, 2.24) is 4.98 Å². The van der Waals surface area contributed by atoms with Crippen LogP contribution >= 0.6 is 11.6 Å². The van der Waals surface area contributed by atoms with E-state index in [0.29, 0.717) is 23.4 Å². The second-order valence-electron chi connectivity index (χ2n) is 3.29. The van der Waals surface area contributed by atoms with Crippen molar-refractivity contribution in [2.24, 2.45) is 11.7 Å². The maximum absolute atomic E-state index is 5.82. The zero-order chi connectivity index (χ0) is 10.0. The molecule has 0 bridgehead atoms. The van der Waals surface area contributed by atoms with E-state index in [9.17, 15) is 0 Å². The molecule has 0 radical (unpaired) electrons. The van der Waals surface area contributed by atoms with Gasteiger partial charge in [0.15, 0.2) is 5.15 Å². The van der Waals surface area contributed by atoms with Gasteiger partial charge in [0.05, 0.1) is 0 Å². The van der Waals surface area contributed by atoms with Gasteiger partial charge in [0, 0.05) is 12.5 Å². The molecule has 0 saturated carbocycles. The van der Waals surface area contributed by atoms with Crippen LogP contribution in [0, 0.1) is 5.92 Å². The number of nitrogens with zero attached hydrogens (tertiary/aromatic N) is 1. The Bertz CT molecular complexity index is 285. The highest BCUT2D eigenvalue weighted by Crippen LogP contribution is 2.30. The van der Waals surface area contributed by atoms with Gasteiger partial charge in [0.1, 0.15) is 5.76 Å². The van der Waals surface area contributed by atoms with Crippen molar-refractivity contribution < 1.29 is 4.42 Å². The monoisotopic (exact) mass is 203 g/mol. The number of rotatable bonds is 3. The van der Waals surface area contributed by atoms with Crippen LogP contribution in [0.1, 0.15) is 25.5 Å². The Hall–Kier alpha value is -0.740. The molecule has 0 amide bonds. The van der Waals surface area contributed by atoms with Crippen molar-refractivity contribution >= 4 is 17.6 Å². The molecule has 1 rings (SSSR count). The van der Waals surface area contributed by atoms with Gasteiger partial charge in [-0.1, -0.05) is 25.4 Å². The van der Waals surface area contributed by atoms with Crippen LogP contribution in [0.25, 0.3) is 0 Å². The number of halogens is 1. The van der Waals surface area contributed by atoms with Crippen molar-refractivity contribution in [2.75, 3.05) is 12.3 Å². The molecular weight excluding hydrogens is 190 g/mol. The normalized spacial score (nSPS) is 13.6. The average Bonchev–Trinajstić information content (AvgIpc) is 2.31. The van der Waals surface area contributed by atoms with Crippen molar-refractivity contribution in [1.29, 1.82) is 0 Å². The van der Waals surface area contributed by atoms with Gasteiger partial charge in [0.25, 0.3) is 6.01 Å². The first-order valence-corrected chi connectivity index (χ1v) is 4.55. The molecule has 0 saturated heterocycles. The second-order valence-corrected chi connectivity index (χ2v) is 3.65.